The van der Waals surface area contributed by atoms with Gasteiger partial charge >= 0.3 is 0 Å². The van der Waals surface area contributed by atoms with Crippen molar-refractivity contribution in [3.05, 3.63) is 41.3 Å². The Bertz CT molecular complexity index is 528. The zero-order valence-electron chi connectivity index (χ0n) is 10.6. The molecule has 5 nitrogen and oxygen atoms in total. The predicted molar refractivity (Wildman–Crippen MR) is 74.8 cm³/mol. The lowest BCUT2D eigenvalue weighted by Crippen LogP contribution is -2.47. The molecule has 2 N–H and O–H groups in total. The Morgan fingerprint density at radius 3 is 2.79 bits per heavy atom. The third-order valence-corrected chi connectivity index (χ3v) is 4.49. The van der Waals surface area contributed by atoms with Crippen molar-refractivity contribution in [2.75, 3.05) is 26.2 Å². The highest BCUT2D eigenvalue weighted by Crippen LogP contribution is 2.12. The van der Waals surface area contributed by atoms with Gasteiger partial charge in [-0.15, -0.1) is 0 Å². The van der Waals surface area contributed by atoms with Crippen LogP contribution in [0.1, 0.15) is 5.56 Å². The van der Waals surface area contributed by atoms with Gasteiger partial charge in [-0.1, -0.05) is 30.3 Å². The molecule has 104 valence electrons. The van der Waals surface area contributed by atoms with Crippen LogP contribution >= 0.6 is 0 Å². The van der Waals surface area contributed by atoms with E-state index < -0.39 is 10.0 Å². The molecule has 1 heterocycles. The molecule has 1 fully saturated rings. The van der Waals surface area contributed by atoms with Crippen LogP contribution < -0.4 is 5.73 Å². The predicted octanol–water partition coefficient (Wildman–Crippen LogP) is 0.647. The van der Waals surface area contributed by atoms with Gasteiger partial charge in [0.1, 0.15) is 0 Å². The van der Waals surface area contributed by atoms with E-state index in [4.69, 9.17) is 10.5 Å². The van der Waals surface area contributed by atoms with E-state index in [1.165, 1.54) is 9.71 Å². The second kappa shape index (κ2) is 6.29. The first kappa shape index (κ1) is 14.2. The van der Waals surface area contributed by atoms with Crippen LogP contribution in [0, 0.1) is 0 Å². The highest BCUT2D eigenvalue weighted by atomic mass is 32.2. The van der Waals surface area contributed by atoms with Crippen LogP contribution in [0.15, 0.2) is 35.7 Å². The number of nitrogens with two attached hydrogens (primary N) is 1. The maximum atomic E-state index is 12.2. The molecule has 1 saturated heterocycles. The summed E-state index contributed by atoms with van der Waals surface area (Å²) >= 11 is 0. The van der Waals surface area contributed by atoms with Crippen LogP contribution in [-0.2, 0) is 14.8 Å². The van der Waals surface area contributed by atoms with Crippen LogP contribution in [-0.4, -0.2) is 45.1 Å². The summed E-state index contributed by atoms with van der Waals surface area (Å²) in [6.45, 7) is 1.41. The average Bonchev–Trinajstić information content (AvgIpc) is 2.46. The molecule has 19 heavy (non-hydrogen) atoms. The summed E-state index contributed by atoms with van der Waals surface area (Å²) < 4.78 is 31.1. The summed E-state index contributed by atoms with van der Waals surface area (Å²) in [5, 5.41) is 1.24. The van der Waals surface area contributed by atoms with Crippen LogP contribution in [0.25, 0.3) is 6.08 Å². The maximum absolute atomic E-state index is 12.2. The van der Waals surface area contributed by atoms with Gasteiger partial charge in [0.2, 0.25) is 10.0 Å². The van der Waals surface area contributed by atoms with E-state index in [0.29, 0.717) is 26.2 Å². The zero-order valence-corrected chi connectivity index (χ0v) is 11.4. The van der Waals surface area contributed by atoms with Crippen molar-refractivity contribution in [3.63, 3.8) is 0 Å². The van der Waals surface area contributed by atoms with Gasteiger partial charge in [-0.05, 0) is 11.6 Å². The number of hydrogen-bond donors (Lipinski definition) is 1. The summed E-state index contributed by atoms with van der Waals surface area (Å²) in [5.74, 6) is 0. The lowest BCUT2D eigenvalue weighted by molar-refractivity contribution is 0.00489. The minimum absolute atomic E-state index is 0.214. The summed E-state index contributed by atoms with van der Waals surface area (Å²) in [4.78, 5) is 0. The highest BCUT2D eigenvalue weighted by Gasteiger charge is 2.26. The van der Waals surface area contributed by atoms with Crippen molar-refractivity contribution < 1.29 is 13.2 Å². The van der Waals surface area contributed by atoms with Crippen molar-refractivity contribution in [2.45, 2.75) is 6.10 Å². The van der Waals surface area contributed by atoms with Crippen LogP contribution in [0.4, 0.5) is 0 Å². The molecular formula is C13H18N2O3S. The zero-order chi connectivity index (χ0) is 13.7. The molecule has 1 aliphatic rings. The molecule has 2 rings (SSSR count). The monoisotopic (exact) mass is 282 g/mol. The fourth-order valence-corrected chi connectivity index (χ4v) is 3.09. The quantitative estimate of drug-likeness (QED) is 0.880. The van der Waals surface area contributed by atoms with Gasteiger partial charge < -0.3 is 10.5 Å². The topological polar surface area (TPSA) is 72.6 Å². The molecule has 0 saturated carbocycles. The van der Waals surface area contributed by atoms with Gasteiger partial charge in [-0.3, -0.25) is 0 Å². The summed E-state index contributed by atoms with van der Waals surface area (Å²) in [7, 11) is -3.41. The molecule has 1 atom stereocenters. The van der Waals surface area contributed by atoms with Gasteiger partial charge in [0.15, 0.2) is 0 Å². The first-order chi connectivity index (χ1) is 9.12. The standard InChI is InChI=1S/C13H18N2O3S/c14-10-13-11-15(7-8-18-13)19(16,17)9-6-12-4-2-1-3-5-12/h1-6,9,13H,7-8,10-11,14H2/b9-6+. The molecule has 1 aromatic rings. The van der Waals surface area contributed by atoms with E-state index in [0.717, 1.165) is 5.56 Å². The van der Waals surface area contributed by atoms with Crippen LogP contribution in [0.3, 0.4) is 0 Å². The minimum Gasteiger partial charge on any atom is -0.374 e. The Hall–Kier alpha value is -1.21. The van der Waals surface area contributed by atoms with Crippen molar-refractivity contribution in [1.82, 2.24) is 4.31 Å². The molecule has 1 aromatic carbocycles. The fourth-order valence-electron chi connectivity index (χ4n) is 1.88. The Morgan fingerprint density at radius 1 is 1.37 bits per heavy atom. The number of rotatable bonds is 4. The summed E-state index contributed by atoms with van der Waals surface area (Å²) in [6, 6.07) is 9.33. The smallest absolute Gasteiger partial charge is 0.236 e. The molecule has 1 unspecified atom stereocenters. The minimum atomic E-state index is -3.41. The number of hydrogen-bond acceptors (Lipinski definition) is 4. The SMILES string of the molecule is NCC1CN(S(=O)(=O)/C=C/c2ccccc2)CCO1. The van der Waals surface area contributed by atoms with E-state index in [1.807, 2.05) is 30.3 Å². The van der Waals surface area contributed by atoms with E-state index in [1.54, 1.807) is 6.08 Å². The summed E-state index contributed by atoms with van der Waals surface area (Å²) in [6.07, 6.45) is 1.39. The first-order valence-electron chi connectivity index (χ1n) is 6.17. The van der Waals surface area contributed by atoms with E-state index >= 15 is 0 Å². The second-order valence-electron chi connectivity index (χ2n) is 4.34. The van der Waals surface area contributed by atoms with Crippen molar-refractivity contribution in [2.24, 2.45) is 5.73 Å². The number of morpholine rings is 1. The molecule has 0 radical (unpaired) electrons. The molecule has 0 spiro atoms. The van der Waals surface area contributed by atoms with Gasteiger partial charge in [-0.2, -0.15) is 4.31 Å². The van der Waals surface area contributed by atoms with Gasteiger partial charge in [-0.25, -0.2) is 8.42 Å². The molecule has 0 aliphatic carbocycles. The number of benzene rings is 1. The lowest BCUT2D eigenvalue weighted by Gasteiger charge is -2.30. The molecule has 0 aromatic heterocycles. The van der Waals surface area contributed by atoms with E-state index in [-0.39, 0.29) is 6.10 Å². The Morgan fingerprint density at radius 2 is 2.11 bits per heavy atom. The van der Waals surface area contributed by atoms with Crippen molar-refractivity contribution in [3.8, 4) is 0 Å². The van der Waals surface area contributed by atoms with E-state index in [9.17, 15) is 8.42 Å². The van der Waals surface area contributed by atoms with Crippen molar-refractivity contribution >= 4 is 16.1 Å². The Kier molecular flexibility index (Phi) is 4.71. The highest BCUT2D eigenvalue weighted by molar-refractivity contribution is 7.92. The normalized spacial score (nSPS) is 21.8. The van der Waals surface area contributed by atoms with Crippen LogP contribution in [0.2, 0.25) is 0 Å². The van der Waals surface area contributed by atoms with Gasteiger partial charge in [0, 0.05) is 25.0 Å². The Balaban J connectivity index is 2.08. The third-order valence-electron chi connectivity index (χ3n) is 2.96. The molecular weight excluding hydrogens is 264 g/mol. The number of ether oxygens (including phenoxy) is 1. The average molecular weight is 282 g/mol. The maximum Gasteiger partial charge on any atom is 0.236 e. The van der Waals surface area contributed by atoms with Crippen LogP contribution in [0.5, 0.6) is 0 Å². The van der Waals surface area contributed by atoms with Gasteiger partial charge in [0.25, 0.3) is 0 Å². The third kappa shape index (κ3) is 3.87. The summed E-state index contributed by atoms with van der Waals surface area (Å²) in [5.41, 5.74) is 6.37. The molecule has 0 amide bonds. The first-order valence-corrected chi connectivity index (χ1v) is 7.67. The molecule has 0 bridgehead atoms. The Labute approximate surface area is 113 Å². The van der Waals surface area contributed by atoms with E-state index in [2.05, 4.69) is 0 Å². The second-order valence-corrected chi connectivity index (χ2v) is 6.16. The largest absolute Gasteiger partial charge is 0.374 e. The lowest BCUT2D eigenvalue weighted by atomic mass is 10.2. The fraction of sp³-hybridized carbons (Fsp3) is 0.385. The number of sulfonamides is 1. The van der Waals surface area contributed by atoms with Crippen molar-refractivity contribution in [1.29, 1.82) is 0 Å². The molecule has 6 heteroatoms. The number of nitrogens with zero attached hydrogens (tertiary/aromatic N) is 1. The van der Waals surface area contributed by atoms with Gasteiger partial charge in [0.05, 0.1) is 12.7 Å². The molecule has 1 aliphatic heterocycles.